The Morgan fingerprint density at radius 3 is 2.75 bits per heavy atom. The van der Waals surface area contributed by atoms with Gasteiger partial charge in [0.1, 0.15) is 0 Å². The quantitative estimate of drug-likeness (QED) is 0.840. The van der Waals surface area contributed by atoms with E-state index in [4.69, 9.17) is 16.9 Å². The molecule has 0 saturated carbocycles. The number of carbonyl (C=O) groups is 1. The molecule has 108 valence electrons. The highest BCUT2D eigenvalue weighted by atomic mass is 35.5. The van der Waals surface area contributed by atoms with Gasteiger partial charge in [-0.2, -0.15) is 5.26 Å². The fraction of sp³-hybridized carbons (Fsp3) is 0.467. The highest BCUT2D eigenvalue weighted by Gasteiger charge is 2.13. The molecule has 0 radical (unpaired) electrons. The van der Waals surface area contributed by atoms with Gasteiger partial charge < -0.3 is 5.32 Å². The van der Waals surface area contributed by atoms with E-state index in [1.165, 1.54) is 0 Å². The molecule has 0 bridgehead atoms. The number of para-hydroxylation sites is 1. The van der Waals surface area contributed by atoms with Crippen LogP contribution in [0.15, 0.2) is 24.3 Å². The summed E-state index contributed by atoms with van der Waals surface area (Å²) in [5.41, 5.74) is 0.615. The first kappa shape index (κ1) is 16.5. The Labute approximate surface area is 125 Å². The Bertz CT molecular complexity index is 482. The largest absolute Gasteiger partial charge is 0.324 e. The molecule has 0 spiro atoms. The molecule has 1 amide bonds. The van der Waals surface area contributed by atoms with Crippen LogP contribution in [0.1, 0.15) is 20.3 Å². The zero-order valence-electron chi connectivity index (χ0n) is 11.9. The summed E-state index contributed by atoms with van der Waals surface area (Å²) in [6.07, 6.45) is 0.423. The second kappa shape index (κ2) is 8.57. The molecule has 0 unspecified atom stereocenters. The van der Waals surface area contributed by atoms with Crippen LogP contribution < -0.4 is 5.32 Å². The molecular formula is C15H20ClN3O. The predicted octanol–water partition coefficient (Wildman–Crippen LogP) is 3.15. The molecule has 1 rings (SSSR count). The van der Waals surface area contributed by atoms with Gasteiger partial charge in [-0.3, -0.25) is 9.69 Å². The number of nitriles is 1. The minimum Gasteiger partial charge on any atom is -0.324 e. The monoisotopic (exact) mass is 293 g/mol. The molecule has 0 aromatic heterocycles. The minimum absolute atomic E-state index is 0.114. The number of rotatable bonds is 7. The molecular weight excluding hydrogens is 274 g/mol. The number of anilines is 1. The molecule has 0 fully saturated rings. The molecule has 0 saturated heterocycles. The molecule has 5 heteroatoms. The first-order valence-corrected chi connectivity index (χ1v) is 7.04. The Kier molecular flexibility index (Phi) is 7.06. The lowest BCUT2D eigenvalue weighted by Crippen LogP contribution is -2.36. The Hall–Kier alpha value is -1.57. The maximum atomic E-state index is 12.0. The highest BCUT2D eigenvalue weighted by molar-refractivity contribution is 6.33. The average Bonchev–Trinajstić information content (AvgIpc) is 2.38. The van der Waals surface area contributed by atoms with E-state index in [2.05, 4.69) is 25.2 Å². The molecule has 1 aromatic rings. The van der Waals surface area contributed by atoms with Crippen molar-refractivity contribution in [3.8, 4) is 6.07 Å². The van der Waals surface area contributed by atoms with Crippen LogP contribution in [0.3, 0.4) is 0 Å². The number of halogens is 1. The third kappa shape index (κ3) is 6.05. The Balaban J connectivity index is 2.57. The number of nitrogens with one attached hydrogen (secondary N) is 1. The van der Waals surface area contributed by atoms with E-state index in [1.807, 2.05) is 17.0 Å². The number of carbonyl (C=O) groups excluding carboxylic acids is 1. The van der Waals surface area contributed by atoms with E-state index in [0.717, 1.165) is 6.54 Å². The number of benzene rings is 1. The summed E-state index contributed by atoms with van der Waals surface area (Å²) in [4.78, 5) is 14.0. The normalized spacial score (nSPS) is 10.6. The smallest absolute Gasteiger partial charge is 0.238 e. The lowest BCUT2D eigenvalue weighted by molar-refractivity contribution is -0.117. The van der Waals surface area contributed by atoms with E-state index in [9.17, 15) is 4.79 Å². The van der Waals surface area contributed by atoms with Crippen molar-refractivity contribution < 1.29 is 4.79 Å². The SMILES string of the molecule is CC(C)CN(CCC#N)CC(=O)Nc1ccccc1Cl. The molecule has 0 aliphatic rings. The predicted molar refractivity (Wildman–Crippen MR) is 81.6 cm³/mol. The van der Waals surface area contributed by atoms with Gasteiger partial charge in [0.15, 0.2) is 0 Å². The van der Waals surface area contributed by atoms with Crippen LogP contribution in [0, 0.1) is 17.2 Å². The molecule has 1 aromatic carbocycles. The van der Waals surface area contributed by atoms with Crippen molar-refractivity contribution in [2.45, 2.75) is 20.3 Å². The van der Waals surface area contributed by atoms with Gasteiger partial charge in [-0.1, -0.05) is 37.6 Å². The number of hydrogen-bond donors (Lipinski definition) is 1. The van der Waals surface area contributed by atoms with Crippen molar-refractivity contribution >= 4 is 23.2 Å². The van der Waals surface area contributed by atoms with Crippen LogP contribution in [0.2, 0.25) is 5.02 Å². The molecule has 1 N–H and O–H groups in total. The zero-order valence-corrected chi connectivity index (χ0v) is 12.7. The number of hydrogen-bond acceptors (Lipinski definition) is 3. The summed E-state index contributed by atoms with van der Waals surface area (Å²) >= 11 is 6.00. The second-order valence-electron chi connectivity index (χ2n) is 5.07. The van der Waals surface area contributed by atoms with Gasteiger partial charge in [-0.15, -0.1) is 0 Å². The fourth-order valence-corrected chi connectivity index (χ4v) is 2.10. The van der Waals surface area contributed by atoms with E-state index < -0.39 is 0 Å². The number of nitrogens with zero attached hydrogens (tertiary/aromatic N) is 2. The van der Waals surface area contributed by atoms with Crippen molar-refractivity contribution in [1.29, 1.82) is 5.26 Å². The lowest BCUT2D eigenvalue weighted by Gasteiger charge is -2.22. The standard InChI is InChI=1S/C15H20ClN3O/c1-12(2)10-19(9-5-8-17)11-15(20)18-14-7-4-3-6-13(14)16/h3-4,6-7,12H,5,9-11H2,1-2H3,(H,18,20). The summed E-state index contributed by atoms with van der Waals surface area (Å²) in [6.45, 7) is 5.84. The van der Waals surface area contributed by atoms with Gasteiger partial charge in [0.25, 0.3) is 0 Å². The van der Waals surface area contributed by atoms with Gasteiger partial charge in [-0.05, 0) is 18.1 Å². The van der Waals surface area contributed by atoms with E-state index in [-0.39, 0.29) is 12.5 Å². The van der Waals surface area contributed by atoms with Crippen LogP contribution in [0.5, 0.6) is 0 Å². The molecule has 0 aliphatic heterocycles. The van der Waals surface area contributed by atoms with Crippen molar-refractivity contribution in [3.05, 3.63) is 29.3 Å². The molecule has 0 aliphatic carbocycles. The van der Waals surface area contributed by atoms with Crippen LogP contribution in [-0.2, 0) is 4.79 Å². The molecule has 0 atom stereocenters. The number of amides is 1. The summed E-state index contributed by atoms with van der Waals surface area (Å²) in [7, 11) is 0. The van der Waals surface area contributed by atoms with Gasteiger partial charge in [0.05, 0.1) is 23.3 Å². The summed E-state index contributed by atoms with van der Waals surface area (Å²) in [6, 6.07) is 9.25. The average molecular weight is 294 g/mol. The first-order chi connectivity index (χ1) is 9.52. The maximum Gasteiger partial charge on any atom is 0.238 e. The van der Waals surface area contributed by atoms with Crippen molar-refractivity contribution in [3.63, 3.8) is 0 Å². The van der Waals surface area contributed by atoms with Gasteiger partial charge in [0, 0.05) is 19.5 Å². The van der Waals surface area contributed by atoms with E-state index >= 15 is 0 Å². The summed E-state index contributed by atoms with van der Waals surface area (Å²) in [5.74, 6) is 0.332. The van der Waals surface area contributed by atoms with Gasteiger partial charge >= 0.3 is 0 Å². The van der Waals surface area contributed by atoms with Crippen LogP contribution in [0.25, 0.3) is 0 Å². The minimum atomic E-state index is -0.114. The zero-order chi connectivity index (χ0) is 15.0. The fourth-order valence-electron chi connectivity index (χ4n) is 1.91. The lowest BCUT2D eigenvalue weighted by atomic mass is 10.2. The second-order valence-corrected chi connectivity index (χ2v) is 5.47. The van der Waals surface area contributed by atoms with Crippen LogP contribution in [-0.4, -0.2) is 30.4 Å². The van der Waals surface area contributed by atoms with Crippen LogP contribution >= 0.6 is 11.6 Å². The molecule has 4 nitrogen and oxygen atoms in total. The van der Waals surface area contributed by atoms with Crippen molar-refractivity contribution in [2.75, 3.05) is 25.0 Å². The molecule has 20 heavy (non-hydrogen) atoms. The summed E-state index contributed by atoms with van der Waals surface area (Å²) < 4.78 is 0. The Morgan fingerprint density at radius 1 is 1.45 bits per heavy atom. The van der Waals surface area contributed by atoms with Crippen molar-refractivity contribution in [2.24, 2.45) is 5.92 Å². The Morgan fingerprint density at radius 2 is 2.15 bits per heavy atom. The van der Waals surface area contributed by atoms with E-state index in [0.29, 0.717) is 29.6 Å². The topological polar surface area (TPSA) is 56.1 Å². The third-order valence-electron chi connectivity index (χ3n) is 2.68. The maximum absolute atomic E-state index is 12.0. The highest BCUT2D eigenvalue weighted by Crippen LogP contribution is 2.20. The third-order valence-corrected chi connectivity index (χ3v) is 3.01. The van der Waals surface area contributed by atoms with E-state index in [1.54, 1.807) is 12.1 Å². The summed E-state index contributed by atoms with van der Waals surface area (Å²) in [5, 5.41) is 12.0. The first-order valence-electron chi connectivity index (χ1n) is 6.66. The molecule has 0 heterocycles. The van der Waals surface area contributed by atoms with Gasteiger partial charge in [0.2, 0.25) is 5.91 Å². The van der Waals surface area contributed by atoms with Crippen molar-refractivity contribution in [1.82, 2.24) is 4.90 Å². The van der Waals surface area contributed by atoms with Crippen LogP contribution in [0.4, 0.5) is 5.69 Å². The van der Waals surface area contributed by atoms with Gasteiger partial charge in [-0.25, -0.2) is 0 Å².